The minimum Gasteiger partial charge on any atom is -0.339 e. The van der Waals surface area contributed by atoms with Gasteiger partial charge in [-0.3, -0.25) is 4.79 Å². The van der Waals surface area contributed by atoms with Crippen LogP contribution in [-0.4, -0.2) is 56.6 Å². The summed E-state index contributed by atoms with van der Waals surface area (Å²) in [5, 5.41) is 10.6. The van der Waals surface area contributed by atoms with E-state index in [0.29, 0.717) is 30.4 Å². The smallest absolute Gasteiger partial charge is 0.225 e. The zero-order valence-electron chi connectivity index (χ0n) is 17.6. The topological polar surface area (TPSA) is 66.6 Å². The van der Waals surface area contributed by atoms with Crippen LogP contribution < -0.4 is 4.90 Å². The first-order chi connectivity index (χ1) is 15.7. The Hall–Kier alpha value is -3.19. The van der Waals surface area contributed by atoms with E-state index >= 15 is 0 Å². The fraction of sp³-hybridized carbons (Fsp3) is 0.333. The van der Waals surface area contributed by atoms with Crippen molar-refractivity contribution < 1.29 is 4.79 Å². The van der Waals surface area contributed by atoms with Gasteiger partial charge in [-0.25, -0.2) is 9.38 Å². The standard InChI is InChI=1S/C24H23ClN6O/c25-18-8-9-19-20(15-18)26-24(30-12-10-29(11-13-30)23(32)17-6-7-17)31-21(27-28-22(19)31)14-16-4-2-1-3-5-16/h1-5,8-9,15,17H,6-7,10-14H2. The zero-order valence-corrected chi connectivity index (χ0v) is 18.4. The lowest BCUT2D eigenvalue weighted by atomic mass is 10.1. The molecule has 2 aromatic carbocycles. The molecule has 4 aromatic rings. The molecule has 1 saturated heterocycles. The van der Waals surface area contributed by atoms with Crippen LogP contribution in [0.5, 0.6) is 0 Å². The van der Waals surface area contributed by atoms with Gasteiger partial charge >= 0.3 is 0 Å². The lowest BCUT2D eigenvalue weighted by molar-refractivity contribution is -0.132. The number of rotatable bonds is 4. The molecule has 0 N–H and O–H groups in total. The zero-order chi connectivity index (χ0) is 21.7. The SMILES string of the molecule is O=C(C1CC1)N1CCN(c2nc3cc(Cl)ccc3c3nnc(Cc4ccccc4)n23)CC1. The number of fused-ring (bicyclic) bond motifs is 3. The maximum Gasteiger partial charge on any atom is 0.225 e. The Balaban J connectivity index is 1.41. The predicted molar refractivity (Wildman–Crippen MR) is 124 cm³/mol. The van der Waals surface area contributed by atoms with E-state index in [4.69, 9.17) is 16.6 Å². The van der Waals surface area contributed by atoms with Gasteiger partial charge in [-0.2, -0.15) is 0 Å². The van der Waals surface area contributed by atoms with Crippen molar-refractivity contribution in [3.8, 4) is 0 Å². The van der Waals surface area contributed by atoms with Crippen LogP contribution in [0, 0.1) is 5.92 Å². The molecule has 1 aliphatic carbocycles. The molecule has 0 atom stereocenters. The second-order valence-electron chi connectivity index (χ2n) is 8.60. The first-order valence-corrected chi connectivity index (χ1v) is 11.5. The Morgan fingerprint density at radius 3 is 2.53 bits per heavy atom. The second-order valence-corrected chi connectivity index (χ2v) is 9.03. The summed E-state index contributed by atoms with van der Waals surface area (Å²) in [6, 6.07) is 16.0. The van der Waals surface area contributed by atoms with Gasteiger partial charge in [-0.1, -0.05) is 41.9 Å². The Kier molecular flexibility index (Phi) is 4.72. The third-order valence-electron chi connectivity index (χ3n) is 6.36. The van der Waals surface area contributed by atoms with Crippen molar-refractivity contribution in [3.05, 3.63) is 64.9 Å². The molecule has 6 rings (SSSR count). The molecule has 7 nitrogen and oxygen atoms in total. The molecule has 3 heterocycles. The summed E-state index contributed by atoms with van der Waals surface area (Å²) >= 11 is 6.27. The van der Waals surface area contributed by atoms with Crippen LogP contribution in [0.3, 0.4) is 0 Å². The van der Waals surface area contributed by atoms with Gasteiger partial charge in [0.15, 0.2) is 5.65 Å². The minimum atomic E-state index is 0.254. The van der Waals surface area contributed by atoms with E-state index in [-0.39, 0.29) is 5.92 Å². The number of carbonyl (C=O) groups is 1. The molecule has 0 radical (unpaired) electrons. The fourth-order valence-corrected chi connectivity index (χ4v) is 4.63. The average molecular weight is 447 g/mol. The lowest BCUT2D eigenvalue weighted by Gasteiger charge is -2.35. The van der Waals surface area contributed by atoms with Crippen LogP contribution in [-0.2, 0) is 11.2 Å². The number of benzene rings is 2. The molecule has 2 aromatic heterocycles. The molecule has 32 heavy (non-hydrogen) atoms. The molecule has 1 aliphatic heterocycles. The van der Waals surface area contributed by atoms with Gasteiger partial charge in [0, 0.05) is 48.9 Å². The summed E-state index contributed by atoms with van der Waals surface area (Å²) in [4.78, 5) is 21.7. The Bertz CT molecular complexity index is 1310. The van der Waals surface area contributed by atoms with E-state index < -0.39 is 0 Å². The molecule has 1 saturated carbocycles. The van der Waals surface area contributed by atoms with Gasteiger partial charge in [-0.05, 0) is 36.6 Å². The Morgan fingerprint density at radius 1 is 1.00 bits per heavy atom. The highest BCUT2D eigenvalue weighted by Crippen LogP contribution is 2.32. The van der Waals surface area contributed by atoms with Crippen LogP contribution in [0.2, 0.25) is 5.02 Å². The monoisotopic (exact) mass is 446 g/mol. The summed E-state index contributed by atoms with van der Waals surface area (Å²) in [6.45, 7) is 2.88. The minimum absolute atomic E-state index is 0.254. The molecule has 2 aliphatic rings. The van der Waals surface area contributed by atoms with Crippen molar-refractivity contribution in [1.29, 1.82) is 0 Å². The van der Waals surface area contributed by atoms with Gasteiger partial charge < -0.3 is 9.80 Å². The predicted octanol–water partition coefficient (Wildman–Crippen LogP) is 3.58. The van der Waals surface area contributed by atoms with Crippen LogP contribution in [0.1, 0.15) is 24.2 Å². The van der Waals surface area contributed by atoms with Crippen molar-refractivity contribution in [2.24, 2.45) is 5.92 Å². The van der Waals surface area contributed by atoms with E-state index in [9.17, 15) is 4.79 Å². The number of halogens is 1. The maximum absolute atomic E-state index is 12.5. The molecule has 0 bridgehead atoms. The summed E-state index contributed by atoms with van der Waals surface area (Å²) in [5.74, 6) is 2.22. The first-order valence-electron chi connectivity index (χ1n) is 11.1. The van der Waals surface area contributed by atoms with Crippen molar-refractivity contribution in [2.45, 2.75) is 19.3 Å². The number of carbonyl (C=O) groups excluding carboxylic acids is 1. The summed E-state index contributed by atoms with van der Waals surface area (Å²) in [6.07, 6.45) is 2.74. The quantitative estimate of drug-likeness (QED) is 0.479. The Labute approximate surface area is 190 Å². The molecule has 2 fully saturated rings. The van der Waals surface area contributed by atoms with E-state index in [2.05, 4.69) is 31.6 Å². The number of anilines is 1. The van der Waals surface area contributed by atoms with Crippen molar-refractivity contribution in [2.75, 3.05) is 31.1 Å². The average Bonchev–Trinajstić information content (AvgIpc) is 3.59. The number of nitrogens with zero attached hydrogens (tertiary/aromatic N) is 6. The van der Waals surface area contributed by atoms with Gasteiger partial charge in [0.1, 0.15) is 5.82 Å². The van der Waals surface area contributed by atoms with E-state index in [1.54, 1.807) is 0 Å². The summed E-state index contributed by atoms with van der Waals surface area (Å²) < 4.78 is 2.07. The number of aromatic nitrogens is 4. The number of piperazine rings is 1. The van der Waals surface area contributed by atoms with E-state index in [1.165, 1.54) is 5.56 Å². The van der Waals surface area contributed by atoms with Gasteiger partial charge in [0.25, 0.3) is 0 Å². The molecule has 0 spiro atoms. The highest BCUT2D eigenvalue weighted by atomic mass is 35.5. The van der Waals surface area contributed by atoms with Crippen molar-refractivity contribution in [1.82, 2.24) is 24.5 Å². The largest absolute Gasteiger partial charge is 0.339 e. The molecule has 162 valence electrons. The number of hydrogen-bond acceptors (Lipinski definition) is 5. The van der Waals surface area contributed by atoms with Gasteiger partial charge in [0.2, 0.25) is 11.9 Å². The number of hydrogen-bond donors (Lipinski definition) is 0. The van der Waals surface area contributed by atoms with E-state index in [0.717, 1.165) is 54.3 Å². The normalized spacial score (nSPS) is 16.8. The molecule has 8 heteroatoms. The van der Waals surface area contributed by atoms with E-state index in [1.807, 2.05) is 41.3 Å². The maximum atomic E-state index is 12.5. The molecular formula is C24H23ClN6O. The van der Waals surface area contributed by atoms with Crippen LogP contribution >= 0.6 is 11.6 Å². The third kappa shape index (κ3) is 3.46. The first kappa shape index (κ1) is 19.5. The second kappa shape index (κ2) is 7.74. The third-order valence-corrected chi connectivity index (χ3v) is 6.59. The summed E-state index contributed by atoms with van der Waals surface area (Å²) in [5.41, 5.74) is 2.75. The lowest BCUT2D eigenvalue weighted by Crippen LogP contribution is -2.50. The van der Waals surface area contributed by atoms with Crippen LogP contribution in [0.4, 0.5) is 5.95 Å². The molecule has 0 unspecified atom stereocenters. The fourth-order valence-electron chi connectivity index (χ4n) is 4.47. The Morgan fingerprint density at radius 2 is 1.78 bits per heavy atom. The summed E-state index contributed by atoms with van der Waals surface area (Å²) in [7, 11) is 0. The van der Waals surface area contributed by atoms with Crippen molar-refractivity contribution in [3.63, 3.8) is 0 Å². The molecular weight excluding hydrogens is 424 g/mol. The number of amides is 1. The molecule has 1 amide bonds. The highest BCUT2D eigenvalue weighted by Gasteiger charge is 2.35. The van der Waals surface area contributed by atoms with Crippen LogP contribution in [0.15, 0.2) is 48.5 Å². The highest BCUT2D eigenvalue weighted by molar-refractivity contribution is 6.31. The van der Waals surface area contributed by atoms with Gasteiger partial charge in [-0.15, -0.1) is 10.2 Å². The van der Waals surface area contributed by atoms with Crippen LogP contribution in [0.25, 0.3) is 16.6 Å². The van der Waals surface area contributed by atoms with Gasteiger partial charge in [0.05, 0.1) is 5.52 Å². The van der Waals surface area contributed by atoms with Crippen molar-refractivity contribution >= 4 is 40.0 Å².